The Kier molecular flexibility index (Phi) is 4.74. The van der Waals surface area contributed by atoms with Gasteiger partial charge in [-0.05, 0) is 56.2 Å². The average molecular weight is 339 g/mol. The molecule has 0 unspecified atom stereocenters. The highest BCUT2D eigenvalue weighted by molar-refractivity contribution is 6.00. The first-order chi connectivity index (χ1) is 12.0. The molecule has 0 saturated heterocycles. The van der Waals surface area contributed by atoms with Gasteiger partial charge in [0.25, 0.3) is 5.91 Å². The van der Waals surface area contributed by atoms with Gasteiger partial charge >= 0.3 is 5.97 Å². The van der Waals surface area contributed by atoms with E-state index in [-0.39, 0.29) is 11.9 Å². The molecule has 0 saturated carbocycles. The molecule has 0 aromatic heterocycles. The molecule has 0 radical (unpaired) electrons. The van der Waals surface area contributed by atoms with Gasteiger partial charge in [0.2, 0.25) is 0 Å². The number of methoxy groups -OCH3 is 1. The number of hydrogen-bond acceptors (Lipinski definition) is 4. The minimum Gasteiger partial charge on any atom is -0.497 e. The summed E-state index contributed by atoms with van der Waals surface area (Å²) in [7, 11) is 1.56. The molecule has 1 heterocycles. The maximum atomic E-state index is 12.8. The molecular formula is C20H21NO4. The van der Waals surface area contributed by atoms with Crippen molar-refractivity contribution in [1.82, 2.24) is 0 Å². The van der Waals surface area contributed by atoms with Crippen LogP contribution in [0.1, 0.15) is 29.8 Å². The van der Waals surface area contributed by atoms with Crippen LogP contribution in [0.25, 0.3) is 0 Å². The lowest BCUT2D eigenvalue weighted by Crippen LogP contribution is -2.43. The second kappa shape index (κ2) is 6.97. The number of hydrogen-bond donors (Lipinski definition) is 0. The number of esters is 1. The molecule has 5 heteroatoms. The Morgan fingerprint density at radius 2 is 1.80 bits per heavy atom. The number of carbonyl (C=O) groups is 2. The van der Waals surface area contributed by atoms with E-state index in [0.29, 0.717) is 11.3 Å². The zero-order chi connectivity index (χ0) is 18.0. The maximum absolute atomic E-state index is 12.8. The second-order valence-electron chi connectivity index (χ2n) is 6.17. The Morgan fingerprint density at radius 3 is 2.48 bits per heavy atom. The number of amides is 1. The Hall–Kier alpha value is -2.82. The minimum atomic E-state index is -0.858. The molecule has 2 aromatic rings. The summed E-state index contributed by atoms with van der Waals surface area (Å²) in [6.07, 6.45) is -0.0515. The zero-order valence-corrected chi connectivity index (χ0v) is 14.6. The molecule has 3 rings (SSSR count). The highest BCUT2D eigenvalue weighted by atomic mass is 16.5. The maximum Gasteiger partial charge on any atom is 0.338 e. The first-order valence-corrected chi connectivity index (χ1v) is 8.27. The van der Waals surface area contributed by atoms with Gasteiger partial charge in [0, 0.05) is 11.7 Å². The zero-order valence-electron chi connectivity index (χ0n) is 14.6. The molecule has 1 amide bonds. The van der Waals surface area contributed by atoms with Crippen molar-refractivity contribution in [2.45, 2.75) is 32.4 Å². The summed E-state index contributed by atoms with van der Waals surface area (Å²) in [6, 6.07) is 14.5. The van der Waals surface area contributed by atoms with Crippen molar-refractivity contribution in [3.05, 3.63) is 59.7 Å². The van der Waals surface area contributed by atoms with Crippen molar-refractivity contribution in [1.29, 1.82) is 0 Å². The van der Waals surface area contributed by atoms with Crippen molar-refractivity contribution in [2.75, 3.05) is 12.0 Å². The Labute approximate surface area is 147 Å². The SMILES string of the molecule is COc1ccc(C(=O)O[C@@H](C)C(=O)N2c3ccccc3C[C@@H]2C)cc1. The summed E-state index contributed by atoms with van der Waals surface area (Å²) >= 11 is 0. The number of benzene rings is 2. The van der Waals surface area contributed by atoms with Crippen LogP contribution in [-0.4, -0.2) is 31.1 Å². The van der Waals surface area contributed by atoms with Gasteiger partial charge in [0.15, 0.2) is 6.10 Å². The van der Waals surface area contributed by atoms with E-state index in [0.717, 1.165) is 17.7 Å². The molecule has 0 bridgehead atoms. The largest absolute Gasteiger partial charge is 0.497 e. The monoisotopic (exact) mass is 339 g/mol. The highest BCUT2D eigenvalue weighted by Crippen LogP contribution is 2.32. The molecule has 2 atom stereocenters. The predicted octanol–water partition coefficient (Wildman–Crippen LogP) is 3.22. The lowest BCUT2D eigenvalue weighted by atomic mass is 10.1. The quantitative estimate of drug-likeness (QED) is 0.803. The lowest BCUT2D eigenvalue weighted by molar-refractivity contribution is -0.126. The van der Waals surface area contributed by atoms with Crippen LogP contribution in [0.5, 0.6) is 5.75 Å². The molecule has 0 N–H and O–H groups in total. The van der Waals surface area contributed by atoms with Gasteiger partial charge in [-0.3, -0.25) is 4.79 Å². The van der Waals surface area contributed by atoms with Crippen LogP contribution < -0.4 is 9.64 Å². The molecule has 0 aliphatic carbocycles. The fraction of sp³-hybridized carbons (Fsp3) is 0.300. The molecule has 1 aliphatic heterocycles. The van der Waals surface area contributed by atoms with Gasteiger partial charge in [-0.1, -0.05) is 18.2 Å². The summed E-state index contributed by atoms with van der Waals surface area (Å²) < 4.78 is 10.4. The van der Waals surface area contributed by atoms with E-state index < -0.39 is 12.1 Å². The fourth-order valence-corrected chi connectivity index (χ4v) is 3.10. The van der Waals surface area contributed by atoms with Crippen molar-refractivity contribution >= 4 is 17.6 Å². The van der Waals surface area contributed by atoms with Gasteiger partial charge < -0.3 is 14.4 Å². The van der Waals surface area contributed by atoms with Gasteiger partial charge in [-0.25, -0.2) is 4.79 Å². The predicted molar refractivity (Wildman–Crippen MR) is 95.0 cm³/mol. The van der Waals surface area contributed by atoms with Crippen LogP contribution in [-0.2, 0) is 16.0 Å². The van der Waals surface area contributed by atoms with E-state index in [2.05, 4.69) is 0 Å². The van der Waals surface area contributed by atoms with Crippen LogP contribution in [0.4, 0.5) is 5.69 Å². The number of rotatable bonds is 4. The summed E-state index contributed by atoms with van der Waals surface area (Å²) in [5, 5.41) is 0. The van der Waals surface area contributed by atoms with Gasteiger partial charge in [0.1, 0.15) is 5.75 Å². The van der Waals surface area contributed by atoms with E-state index in [4.69, 9.17) is 9.47 Å². The summed E-state index contributed by atoms with van der Waals surface area (Å²) in [5.41, 5.74) is 2.42. The smallest absolute Gasteiger partial charge is 0.338 e. The number of fused-ring (bicyclic) bond motifs is 1. The molecule has 0 fully saturated rings. The van der Waals surface area contributed by atoms with E-state index in [1.807, 2.05) is 31.2 Å². The highest BCUT2D eigenvalue weighted by Gasteiger charge is 2.34. The van der Waals surface area contributed by atoms with Crippen LogP contribution in [0.2, 0.25) is 0 Å². The Balaban J connectivity index is 1.71. The fourth-order valence-electron chi connectivity index (χ4n) is 3.10. The van der Waals surface area contributed by atoms with Crippen molar-refractivity contribution in [3.63, 3.8) is 0 Å². The van der Waals surface area contributed by atoms with Crippen LogP contribution in [0.15, 0.2) is 48.5 Å². The summed E-state index contributed by atoms with van der Waals surface area (Å²) in [5.74, 6) is -0.0777. The number of ether oxygens (including phenoxy) is 2. The van der Waals surface area contributed by atoms with Gasteiger partial charge in [-0.15, -0.1) is 0 Å². The Morgan fingerprint density at radius 1 is 1.12 bits per heavy atom. The molecule has 0 spiro atoms. The lowest BCUT2D eigenvalue weighted by Gasteiger charge is -2.25. The first-order valence-electron chi connectivity index (χ1n) is 8.27. The molecule has 25 heavy (non-hydrogen) atoms. The number of carbonyl (C=O) groups excluding carboxylic acids is 2. The third-order valence-electron chi connectivity index (χ3n) is 4.40. The summed E-state index contributed by atoms with van der Waals surface area (Å²) in [6.45, 7) is 3.60. The van der Waals surface area contributed by atoms with Crippen LogP contribution in [0.3, 0.4) is 0 Å². The third kappa shape index (κ3) is 3.36. The van der Waals surface area contributed by atoms with Crippen molar-refractivity contribution in [3.8, 4) is 5.75 Å². The Bertz CT molecular complexity index is 785. The van der Waals surface area contributed by atoms with E-state index in [1.165, 1.54) is 0 Å². The summed E-state index contributed by atoms with van der Waals surface area (Å²) in [4.78, 5) is 26.8. The van der Waals surface area contributed by atoms with E-state index in [1.54, 1.807) is 43.2 Å². The third-order valence-corrected chi connectivity index (χ3v) is 4.40. The molecule has 5 nitrogen and oxygen atoms in total. The minimum absolute atomic E-state index is 0.0482. The van der Waals surface area contributed by atoms with Crippen LogP contribution >= 0.6 is 0 Å². The topological polar surface area (TPSA) is 55.8 Å². The first kappa shape index (κ1) is 17.0. The van der Waals surface area contributed by atoms with E-state index in [9.17, 15) is 9.59 Å². The van der Waals surface area contributed by atoms with Gasteiger partial charge in [-0.2, -0.15) is 0 Å². The molecule has 1 aliphatic rings. The molecule has 2 aromatic carbocycles. The average Bonchev–Trinajstić information content (AvgIpc) is 2.96. The molecule has 130 valence electrons. The number of nitrogens with zero attached hydrogens (tertiary/aromatic N) is 1. The van der Waals surface area contributed by atoms with Gasteiger partial charge in [0.05, 0.1) is 12.7 Å². The normalized spacial score (nSPS) is 16.9. The van der Waals surface area contributed by atoms with E-state index >= 15 is 0 Å². The molecular weight excluding hydrogens is 318 g/mol. The second-order valence-corrected chi connectivity index (χ2v) is 6.17. The number of anilines is 1. The van der Waals surface area contributed by atoms with Crippen LogP contribution in [0, 0.1) is 0 Å². The standard InChI is InChI=1S/C20H21NO4/c1-13-12-16-6-4-5-7-18(16)21(13)19(22)14(2)25-20(23)15-8-10-17(24-3)11-9-15/h4-11,13-14H,12H2,1-3H3/t13-,14-/m0/s1. The van der Waals surface area contributed by atoms with Crippen molar-refractivity contribution in [2.24, 2.45) is 0 Å². The van der Waals surface area contributed by atoms with Crippen molar-refractivity contribution < 1.29 is 19.1 Å². The number of para-hydroxylation sites is 1.